The zero-order valence-corrected chi connectivity index (χ0v) is 5.44. The summed E-state index contributed by atoms with van der Waals surface area (Å²) in [6, 6.07) is 0. The van der Waals surface area contributed by atoms with E-state index >= 15 is 0 Å². The molecule has 46 valence electrons. The van der Waals surface area contributed by atoms with Gasteiger partial charge in [-0.2, -0.15) is 0 Å². The summed E-state index contributed by atoms with van der Waals surface area (Å²) in [5.74, 6) is 5.52. The highest BCUT2D eigenvalue weighted by Gasteiger charge is 1.93. The maximum absolute atomic E-state index is 8.89. The first-order valence-corrected chi connectivity index (χ1v) is 2.89. The number of hydrogen-bond donors (Lipinski definition) is 1. The maximum atomic E-state index is 8.89. The van der Waals surface area contributed by atoms with Gasteiger partial charge in [0.1, 0.15) is 0 Å². The van der Waals surface area contributed by atoms with Crippen molar-refractivity contribution in [2.75, 3.05) is 0 Å². The molecule has 1 nitrogen and oxygen atoms in total. The molecule has 0 aliphatic rings. The molecule has 0 aromatic rings. The monoisotopic (exact) mass is 112 g/mol. The highest BCUT2D eigenvalue weighted by molar-refractivity contribution is 4.96. The second-order valence-electron chi connectivity index (χ2n) is 1.69. The lowest BCUT2D eigenvalue weighted by Crippen LogP contribution is -2.01. The van der Waals surface area contributed by atoms with Gasteiger partial charge in [0, 0.05) is 6.42 Å². The lowest BCUT2D eigenvalue weighted by atomic mass is 10.2. The van der Waals surface area contributed by atoms with Crippen LogP contribution in [0, 0.1) is 11.8 Å². The molecule has 0 aliphatic carbocycles. The van der Waals surface area contributed by atoms with Gasteiger partial charge < -0.3 is 5.11 Å². The molecule has 0 aliphatic heterocycles. The van der Waals surface area contributed by atoms with Crippen LogP contribution < -0.4 is 0 Å². The van der Waals surface area contributed by atoms with E-state index in [2.05, 4.69) is 11.8 Å². The zero-order valence-electron chi connectivity index (χ0n) is 5.44. The van der Waals surface area contributed by atoms with E-state index in [4.69, 9.17) is 5.11 Å². The molecule has 0 aromatic heterocycles. The molecule has 0 unspecified atom stereocenters. The average Bonchev–Trinajstić information content (AvgIpc) is 1.83. The van der Waals surface area contributed by atoms with Gasteiger partial charge in [0.2, 0.25) is 0 Å². The number of aliphatic hydroxyl groups is 1. The number of aliphatic hydroxyl groups excluding tert-OH is 1. The summed E-state index contributed by atoms with van der Waals surface area (Å²) in [5, 5.41) is 8.89. The van der Waals surface area contributed by atoms with Crippen LogP contribution in [-0.4, -0.2) is 11.2 Å². The molecular weight excluding hydrogens is 100 g/mol. The Morgan fingerprint density at radius 3 is 2.62 bits per heavy atom. The molecule has 0 radical (unpaired) electrons. The Bertz CT molecular complexity index is 96.7. The Balaban J connectivity index is 3.19. The van der Waals surface area contributed by atoms with Crippen LogP contribution in [0.3, 0.4) is 0 Å². The Morgan fingerprint density at radius 2 is 2.25 bits per heavy atom. The second kappa shape index (κ2) is 4.67. The van der Waals surface area contributed by atoms with Crippen molar-refractivity contribution in [1.29, 1.82) is 0 Å². The molecule has 8 heavy (non-hydrogen) atoms. The van der Waals surface area contributed by atoms with Gasteiger partial charge in [-0.1, -0.05) is 6.92 Å². The minimum absolute atomic E-state index is 0.220. The first-order chi connectivity index (χ1) is 3.81. The van der Waals surface area contributed by atoms with Gasteiger partial charge in [-0.15, -0.1) is 11.8 Å². The molecule has 0 spiro atoms. The van der Waals surface area contributed by atoms with Crippen LogP contribution in [0.4, 0.5) is 0 Å². The third-order valence-corrected chi connectivity index (χ3v) is 0.986. The van der Waals surface area contributed by atoms with E-state index in [9.17, 15) is 0 Å². The van der Waals surface area contributed by atoms with E-state index in [0.717, 1.165) is 6.42 Å². The quantitative estimate of drug-likeness (QED) is 0.532. The standard InChI is InChI=1S/C7H12O/c1-3-5-6-7(8)4-2/h7-8H,4,6H2,1-2H3/t7-/m0/s1. The van der Waals surface area contributed by atoms with Crippen molar-refractivity contribution in [3.05, 3.63) is 0 Å². The fourth-order valence-corrected chi connectivity index (χ4v) is 0.364. The van der Waals surface area contributed by atoms with Crippen LogP contribution in [-0.2, 0) is 0 Å². The van der Waals surface area contributed by atoms with Crippen molar-refractivity contribution in [1.82, 2.24) is 0 Å². The summed E-state index contributed by atoms with van der Waals surface area (Å²) in [6.45, 7) is 3.73. The van der Waals surface area contributed by atoms with Gasteiger partial charge in [0.15, 0.2) is 0 Å². The molecule has 1 heteroatoms. The summed E-state index contributed by atoms with van der Waals surface area (Å²) in [4.78, 5) is 0. The topological polar surface area (TPSA) is 20.2 Å². The molecule has 1 N–H and O–H groups in total. The summed E-state index contributed by atoms with van der Waals surface area (Å²) in [7, 11) is 0. The summed E-state index contributed by atoms with van der Waals surface area (Å²) >= 11 is 0. The normalized spacial score (nSPS) is 11.9. The molecule has 0 bridgehead atoms. The predicted molar refractivity (Wildman–Crippen MR) is 34.4 cm³/mol. The van der Waals surface area contributed by atoms with Crippen LogP contribution in [0.5, 0.6) is 0 Å². The molecule has 0 aromatic carbocycles. The van der Waals surface area contributed by atoms with Crippen molar-refractivity contribution in [3.8, 4) is 11.8 Å². The molecule has 0 fully saturated rings. The summed E-state index contributed by atoms with van der Waals surface area (Å²) in [6.07, 6.45) is 1.20. The smallest absolute Gasteiger partial charge is 0.0646 e. The molecule has 0 amide bonds. The third-order valence-electron chi connectivity index (χ3n) is 0.986. The van der Waals surface area contributed by atoms with E-state index in [1.807, 2.05) is 6.92 Å². The molecule has 0 saturated heterocycles. The van der Waals surface area contributed by atoms with Crippen molar-refractivity contribution in [2.24, 2.45) is 0 Å². The van der Waals surface area contributed by atoms with Crippen LogP contribution >= 0.6 is 0 Å². The zero-order chi connectivity index (χ0) is 6.41. The molecule has 0 heterocycles. The third kappa shape index (κ3) is 3.70. The van der Waals surface area contributed by atoms with Gasteiger partial charge in [0.05, 0.1) is 6.10 Å². The van der Waals surface area contributed by atoms with Gasteiger partial charge in [-0.3, -0.25) is 0 Å². The highest BCUT2D eigenvalue weighted by atomic mass is 16.3. The lowest BCUT2D eigenvalue weighted by Gasteiger charge is -1.98. The van der Waals surface area contributed by atoms with Crippen LogP contribution in [0.25, 0.3) is 0 Å². The Hall–Kier alpha value is -0.480. The SMILES string of the molecule is CC#CC[C@@H](O)CC. The second-order valence-corrected chi connectivity index (χ2v) is 1.69. The van der Waals surface area contributed by atoms with Gasteiger partial charge >= 0.3 is 0 Å². The first kappa shape index (κ1) is 7.52. The van der Waals surface area contributed by atoms with Crippen molar-refractivity contribution >= 4 is 0 Å². The van der Waals surface area contributed by atoms with Gasteiger partial charge in [-0.05, 0) is 13.3 Å². The van der Waals surface area contributed by atoms with Crippen LogP contribution in [0.1, 0.15) is 26.7 Å². The highest BCUT2D eigenvalue weighted by Crippen LogP contribution is 1.92. The Labute approximate surface area is 50.7 Å². The van der Waals surface area contributed by atoms with Crippen molar-refractivity contribution < 1.29 is 5.11 Å². The summed E-state index contributed by atoms with van der Waals surface area (Å²) < 4.78 is 0. The van der Waals surface area contributed by atoms with Crippen molar-refractivity contribution in [2.45, 2.75) is 32.8 Å². The lowest BCUT2D eigenvalue weighted by molar-refractivity contribution is 0.176. The summed E-state index contributed by atoms with van der Waals surface area (Å²) in [5.41, 5.74) is 0. The largest absolute Gasteiger partial charge is 0.392 e. The Morgan fingerprint density at radius 1 is 1.62 bits per heavy atom. The van der Waals surface area contributed by atoms with E-state index in [1.54, 1.807) is 6.92 Å². The average molecular weight is 112 g/mol. The minimum Gasteiger partial charge on any atom is -0.392 e. The van der Waals surface area contributed by atoms with E-state index in [-0.39, 0.29) is 6.10 Å². The first-order valence-electron chi connectivity index (χ1n) is 2.89. The van der Waals surface area contributed by atoms with Crippen molar-refractivity contribution in [3.63, 3.8) is 0 Å². The minimum atomic E-state index is -0.220. The van der Waals surface area contributed by atoms with E-state index in [0.29, 0.717) is 6.42 Å². The molecular formula is C7H12O. The molecule has 1 atom stereocenters. The fraction of sp³-hybridized carbons (Fsp3) is 0.714. The fourth-order valence-electron chi connectivity index (χ4n) is 0.364. The van der Waals surface area contributed by atoms with Crippen LogP contribution in [0.15, 0.2) is 0 Å². The van der Waals surface area contributed by atoms with E-state index in [1.165, 1.54) is 0 Å². The number of rotatable bonds is 2. The molecule has 0 rings (SSSR count). The Kier molecular flexibility index (Phi) is 4.39. The number of hydrogen-bond acceptors (Lipinski definition) is 1. The molecule has 0 saturated carbocycles. The van der Waals surface area contributed by atoms with Gasteiger partial charge in [0.25, 0.3) is 0 Å². The maximum Gasteiger partial charge on any atom is 0.0646 e. The van der Waals surface area contributed by atoms with Gasteiger partial charge in [-0.25, -0.2) is 0 Å². The predicted octanol–water partition coefficient (Wildman–Crippen LogP) is 1.17. The van der Waals surface area contributed by atoms with E-state index < -0.39 is 0 Å². The van der Waals surface area contributed by atoms with Crippen LogP contribution in [0.2, 0.25) is 0 Å².